The molecule has 1 saturated carbocycles. The number of ether oxygens (including phenoxy) is 2. The molecule has 0 bridgehead atoms. The van der Waals surface area contributed by atoms with E-state index < -0.39 is 12.0 Å². The second-order valence-electron chi connectivity index (χ2n) is 5.32. The van der Waals surface area contributed by atoms with Gasteiger partial charge >= 0.3 is 5.97 Å². The van der Waals surface area contributed by atoms with Gasteiger partial charge in [0.25, 0.3) is 0 Å². The Morgan fingerprint density at radius 3 is 2.74 bits per heavy atom. The van der Waals surface area contributed by atoms with Crippen molar-refractivity contribution in [2.45, 2.75) is 31.7 Å². The van der Waals surface area contributed by atoms with E-state index in [9.17, 15) is 14.7 Å². The third kappa shape index (κ3) is 4.80. The molecule has 0 radical (unpaired) electrons. The van der Waals surface area contributed by atoms with Crippen LogP contribution in [0.5, 0.6) is 0 Å². The number of rotatable bonds is 7. The molecule has 108 valence electrons. The minimum absolute atomic E-state index is 0.0616. The second-order valence-corrected chi connectivity index (χ2v) is 5.32. The van der Waals surface area contributed by atoms with Crippen LogP contribution in [0.2, 0.25) is 0 Å². The summed E-state index contributed by atoms with van der Waals surface area (Å²) in [7, 11) is 0. The van der Waals surface area contributed by atoms with Gasteiger partial charge in [0.1, 0.15) is 12.6 Å². The zero-order valence-corrected chi connectivity index (χ0v) is 11.0. The molecule has 1 aliphatic heterocycles. The van der Waals surface area contributed by atoms with Crippen LogP contribution in [0.15, 0.2) is 0 Å². The predicted octanol–water partition coefficient (Wildman–Crippen LogP) is 0.409. The summed E-state index contributed by atoms with van der Waals surface area (Å²) in [5.41, 5.74) is 0. The highest BCUT2D eigenvalue weighted by Gasteiger charge is 2.31. The molecule has 2 aliphatic rings. The highest BCUT2D eigenvalue weighted by Crippen LogP contribution is 2.28. The lowest BCUT2D eigenvalue weighted by Crippen LogP contribution is -2.49. The van der Waals surface area contributed by atoms with Crippen molar-refractivity contribution >= 4 is 11.9 Å². The van der Waals surface area contributed by atoms with Crippen LogP contribution in [0.4, 0.5) is 0 Å². The minimum Gasteiger partial charge on any atom is -0.480 e. The van der Waals surface area contributed by atoms with E-state index in [1.165, 1.54) is 12.8 Å². The van der Waals surface area contributed by atoms with Gasteiger partial charge in [0.05, 0.1) is 13.2 Å². The molecule has 2 fully saturated rings. The maximum absolute atomic E-state index is 11.7. The smallest absolute Gasteiger partial charge is 0.326 e. The van der Waals surface area contributed by atoms with Gasteiger partial charge in [-0.15, -0.1) is 0 Å². The SMILES string of the molecule is O=C(COCC1CC1)NC(C(=O)O)C1CCCOC1. The molecule has 0 aromatic rings. The number of aliphatic carboxylic acids is 1. The third-order valence-electron chi connectivity index (χ3n) is 3.53. The molecule has 1 saturated heterocycles. The quantitative estimate of drug-likeness (QED) is 0.700. The van der Waals surface area contributed by atoms with Crippen molar-refractivity contribution in [2.75, 3.05) is 26.4 Å². The van der Waals surface area contributed by atoms with E-state index in [1.807, 2.05) is 0 Å². The Hall–Kier alpha value is -1.14. The molecule has 2 rings (SSSR count). The maximum Gasteiger partial charge on any atom is 0.326 e. The standard InChI is InChI=1S/C13H21NO5/c15-11(8-19-6-9-3-4-9)14-12(13(16)17)10-2-1-5-18-7-10/h9-10,12H,1-8H2,(H,14,15)(H,16,17). The van der Waals surface area contributed by atoms with E-state index in [4.69, 9.17) is 9.47 Å². The summed E-state index contributed by atoms with van der Waals surface area (Å²) >= 11 is 0. The third-order valence-corrected chi connectivity index (χ3v) is 3.53. The van der Waals surface area contributed by atoms with Crippen LogP contribution in [-0.2, 0) is 19.1 Å². The Labute approximate surface area is 112 Å². The van der Waals surface area contributed by atoms with Gasteiger partial charge in [0, 0.05) is 12.5 Å². The molecule has 0 aromatic carbocycles. The Bertz CT molecular complexity index is 323. The Morgan fingerprint density at radius 2 is 2.16 bits per heavy atom. The summed E-state index contributed by atoms with van der Waals surface area (Å²) < 4.78 is 10.5. The Morgan fingerprint density at radius 1 is 1.37 bits per heavy atom. The number of nitrogens with one attached hydrogen (secondary N) is 1. The van der Waals surface area contributed by atoms with Gasteiger partial charge in [-0.3, -0.25) is 4.79 Å². The van der Waals surface area contributed by atoms with Crippen LogP contribution in [-0.4, -0.2) is 49.5 Å². The molecule has 19 heavy (non-hydrogen) atoms. The van der Waals surface area contributed by atoms with Crippen LogP contribution in [0.3, 0.4) is 0 Å². The molecule has 1 amide bonds. The van der Waals surface area contributed by atoms with Gasteiger partial charge in [0.15, 0.2) is 0 Å². The number of hydrogen-bond donors (Lipinski definition) is 2. The lowest BCUT2D eigenvalue weighted by Gasteiger charge is -2.28. The fourth-order valence-corrected chi connectivity index (χ4v) is 2.23. The molecule has 2 unspecified atom stereocenters. The average molecular weight is 271 g/mol. The highest BCUT2D eigenvalue weighted by molar-refractivity contribution is 5.84. The summed E-state index contributed by atoms with van der Waals surface area (Å²) in [4.78, 5) is 22.9. The molecule has 6 heteroatoms. The fourth-order valence-electron chi connectivity index (χ4n) is 2.23. The summed E-state index contributed by atoms with van der Waals surface area (Å²) in [6, 6.07) is -0.877. The van der Waals surface area contributed by atoms with Crippen molar-refractivity contribution in [3.63, 3.8) is 0 Å². The van der Waals surface area contributed by atoms with Crippen LogP contribution >= 0.6 is 0 Å². The zero-order chi connectivity index (χ0) is 13.7. The van der Waals surface area contributed by atoms with Gasteiger partial charge in [-0.1, -0.05) is 0 Å². The van der Waals surface area contributed by atoms with E-state index in [0.29, 0.717) is 25.7 Å². The van der Waals surface area contributed by atoms with Crippen LogP contribution in [0.25, 0.3) is 0 Å². The van der Waals surface area contributed by atoms with Gasteiger partial charge in [-0.25, -0.2) is 4.79 Å². The Kier molecular flexibility index (Phi) is 5.15. The number of carboxylic acids is 1. The molecule has 2 N–H and O–H groups in total. The van der Waals surface area contributed by atoms with E-state index in [-0.39, 0.29) is 18.4 Å². The summed E-state index contributed by atoms with van der Waals surface area (Å²) in [6.07, 6.45) is 3.93. The summed E-state index contributed by atoms with van der Waals surface area (Å²) in [5, 5.41) is 11.7. The van der Waals surface area contributed by atoms with Crippen molar-refractivity contribution in [3.05, 3.63) is 0 Å². The minimum atomic E-state index is -1.01. The van der Waals surface area contributed by atoms with Crippen molar-refractivity contribution in [1.29, 1.82) is 0 Å². The number of carbonyl (C=O) groups excluding carboxylic acids is 1. The molecular weight excluding hydrogens is 250 g/mol. The first-order valence-corrected chi connectivity index (χ1v) is 6.84. The van der Waals surface area contributed by atoms with Crippen LogP contribution in [0, 0.1) is 11.8 Å². The lowest BCUT2D eigenvalue weighted by molar-refractivity contribution is -0.145. The van der Waals surface area contributed by atoms with Gasteiger partial charge < -0.3 is 19.9 Å². The first-order valence-electron chi connectivity index (χ1n) is 6.84. The van der Waals surface area contributed by atoms with Gasteiger partial charge in [-0.05, 0) is 31.6 Å². The van der Waals surface area contributed by atoms with E-state index in [2.05, 4.69) is 5.32 Å². The number of carbonyl (C=O) groups is 2. The predicted molar refractivity (Wildman–Crippen MR) is 66.7 cm³/mol. The summed E-state index contributed by atoms with van der Waals surface area (Å²) in [6.45, 7) is 1.59. The topological polar surface area (TPSA) is 84.9 Å². The largest absolute Gasteiger partial charge is 0.480 e. The van der Waals surface area contributed by atoms with E-state index in [0.717, 1.165) is 12.8 Å². The maximum atomic E-state index is 11.7. The molecule has 6 nitrogen and oxygen atoms in total. The molecular formula is C13H21NO5. The van der Waals surface area contributed by atoms with E-state index in [1.54, 1.807) is 0 Å². The number of carboxylic acid groups (broad SMARTS) is 1. The average Bonchev–Trinajstić information content (AvgIpc) is 3.21. The van der Waals surface area contributed by atoms with Gasteiger partial charge in [0.2, 0.25) is 5.91 Å². The molecule has 0 aromatic heterocycles. The normalized spacial score (nSPS) is 24.7. The molecule has 2 atom stereocenters. The van der Waals surface area contributed by atoms with Gasteiger partial charge in [-0.2, -0.15) is 0 Å². The first kappa shape index (κ1) is 14.3. The summed E-state index contributed by atoms with van der Waals surface area (Å²) in [5.74, 6) is -0.932. The number of hydrogen-bond acceptors (Lipinski definition) is 4. The fraction of sp³-hybridized carbons (Fsp3) is 0.846. The lowest BCUT2D eigenvalue weighted by atomic mass is 9.94. The van der Waals surface area contributed by atoms with Crippen LogP contribution < -0.4 is 5.32 Å². The number of amides is 1. The first-order chi connectivity index (χ1) is 9.16. The monoisotopic (exact) mass is 271 g/mol. The molecule has 0 spiro atoms. The second kappa shape index (κ2) is 6.86. The molecule has 1 aliphatic carbocycles. The highest BCUT2D eigenvalue weighted by atomic mass is 16.5. The zero-order valence-electron chi connectivity index (χ0n) is 11.0. The van der Waals surface area contributed by atoms with E-state index >= 15 is 0 Å². The Balaban J connectivity index is 1.74. The van der Waals surface area contributed by atoms with Crippen molar-refractivity contribution in [1.82, 2.24) is 5.32 Å². The van der Waals surface area contributed by atoms with Crippen molar-refractivity contribution in [2.24, 2.45) is 11.8 Å². The molecule has 1 heterocycles. The van der Waals surface area contributed by atoms with Crippen LogP contribution in [0.1, 0.15) is 25.7 Å². The van der Waals surface area contributed by atoms with Crippen molar-refractivity contribution < 1.29 is 24.2 Å². The van der Waals surface area contributed by atoms with Crippen molar-refractivity contribution in [3.8, 4) is 0 Å².